The van der Waals surface area contributed by atoms with Crippen LogP contribution in [0.25, 0.3) is 0 Å². The highest BCUT2D eigenvalue weighted by molar-refractivity contribution is 5.55. The zero-order chi connectivity index (χ0) is 23.5. The lowest BCUT2D eigenvalue weighted by molar-refractivity contribution is -0.277. The van der Waals surface area contributed by atoms with Gasteiger partial charge in [0.25, 0.3) is 0 Å². The van der Waals surface area contributed by atoms with Crippen LogP contribution in [0.15, 0.2) is 30.3 Å². The van der Waals surface area contributed by atoms with E-state index in [1.54, 1.807) is 26.4 Å². The summed E-state index contributed by atoms with van der Waals surface area (Å²) in [6, 6.07) is 9.25. The van der Waals surface area contributed by atoms with Crippen LogP contribution in [0.2, 0.25) is 0 Å². The minimum atomic E-state index is -1.54. The SMILES string of the molecule is COc1cc(CCc2cc3c(c(O[C@@H]4O[C@H](CO)[C@@H](O)[C@H](O)[C@H]4O)c2)OCO3)cc(OC)c1. The van der Waals surface area contributed by atoms with E-state index in [0.29, 0.717) is 35.8 Å². The highest BCUT2D eigenvalue weighted by Crippen LogP contribution is 2.43. The fourth-order valence-corrected chi connectivity index (χ4v) is 3.85. The van der Waals surface area contributed by atoms with Crippen molar-refractivity contribution in [2.45, 2.75) is 43.5 Å². The number of aliphatic hydroxyl groups excluding tert-OH is 4. The summed E-state index contributed by atoms with van der Waals surface area (Å²) in [7, 11) is 3.19. The lowest BCUT2D eigenvalue weighted by atomic mass is 9.99. The quantitative estimate of drug-likeness (QED) is 0.434. The van der Waals surface area contributed by atoms with Crippen molar-refractivity contribution in [3.05, 3.63) is 41.5 Å². The van der Waals surface area contributed by atoms with Crippen molar-refractivity contribution >= 4 is 0 Å². The minimum absolute atomic E-state index is 0.0108. The van der Waals surface area contributed by atoms with E-state index >= 15 is 0 Å². The topological polar surface area (TPSA) is 136 Å². The van der Waals surface area contributed by atoms with E-state index in [-0.39, 0.29) is 12.5 Å². The first-order chi connectivity index (χ1) is 15.9. The van der Waals surface area contributed by atoms with Crippen LogP contribution >= 0.6 is 0 Å². The second kappa shape index (κ2) is 10.0. The smallest absolute Gasteiger partial charge is 0.231 e. The molecule has 4 rings (SSSR count). The van der Waals surface area contributed by atoms with Crippen molar-refractivity contribution in [3.8, 4) is 28.7 Å². The summed E-state index contributed by atoms with van der Waals surface area (Å²) in [4.78, 5) is 0. The lowest BCUT2D eigenvalue weighted by Crippen LogP contribution is -2.60. The van der Waals surface area contributed by atoms with Gasteiger partial charge in [-0.05, 0) is 48.2 Å². The van der Waals surface area contributed by atoms with Gasteiger partial charge in [-0.25, -0.2) is 0 Å². The van der Waals surface area contributed by atoms with Gasteiger partial charge in [0.15, 0.2) is 11.5 Å². The van der Waals surface area contributed by atoms with Crippen LogP contribution in [0.1, 0.15) is 11.1 Å². The average Bonchev–Trinajstić information content (AvgIpc) is 3.31. The largest absolute Gasteiger partial charge is 0.497 e. The highest BCUT2D eigenvalue weighted by Gasteiger charge is 2.45. The number of benzene rings is 2. The molecule has 0 saturated carbocycles. The Labute approximate surface area is 190 Å². The summed E-state index contributed by atoms with van der Waals surface area (Å²) >= 11 is 0. The van der Waals surface area contributed by atoms with Crippen LogP contribution < -0.4 is 23.7 Å². The molecule has 2 aromatic rings. The van der Waals surface area contributed by atoms with E-state index < -0.39 is 37.3 Å². The van der Waals surface area contributed by atoms with Crippen LogP contribution in [0.5, 0.6) is 28.7 Å². The van der Waals surface area contributed by atoms with Gasteiger partial charge < -0.3 is 48.8 Å². The molecule has 0 unspecified atom stereocenters. The number of rotatable bonds is 8. The maximum atomic E-state index is 10.3. The Balaban J connectivity index is 1.54. The molecule has 5 atom stereocenters. The molecule has 1 saturated heterocycles. The normalized spacial score (nSPS) is 26.2. The predicted octanol–water partition coefficient (Wildman–Crippen LogP) is 0.396. The Morgan fingerprint density at radius 2 is 1.52 bits per heavy atom. The standard InChI is InChI=1S/C23H28O10/c1-28-14-5-12(6-15(9-14)29-2)3-4-13-7-16-22(31-11-30-16)17(8-13)32-23-21(27)20(26)19(25)18(10-24)33-23/h5-9,18-21,23-27H,3-4,10-11H2,1-2H3/t18-,19-,20+,21-,23-/m1/s1. The van der Waals surface area contributed by atoms with Crippen molar-refractivity contribution in [3.63, 3.8) is 0 Å². The Morgan fingerprint density at radius 3 is 2.15 bits per heavy atom. The van der Waals surface area contributed by atoms with E-state index in [1.807, 2.05) is 18.2 Å². The molecule has 0 aromatic heterocycles. The number of hydrogen-bond acceptors (Lipinski definition) is 10. The van der Waals surface area contributed by atoms with Gasteiger partial charge in [-0.3, -0.25) is 0 Å². The third kappa shape index (κ3) is 4.94. The number of methoxy groups -OCH3 is 2. The van der Waals surface area contributed by atoms with Crippen LogP contribution in [0, 0.1) is 0 Å². The fourth-order valence-electron chi connectivity index (χ4n) is 3.85. The molecule has 180 valence electrons. The molecule has 10 heteroatoms. The van der Waals surface area contributed by atoms with E-state index in [0.717, 1.165) is 11.1 Å². The monoisotopic (exact) mass is 464 g/mol. The number of aliphatic hydroxyl groups is 4. The van der Waals surface area contributed by atoms with Crippen LogP contribution in [-0.4, -0.2) is 78.8 Å². The lowest BCUT2D eigenvalue weighted by Gasteiger charge is -2.39. The first-order valence-corrected chi connectivity index (χ1v) is 10.5. The molecule has 0 spiro atoms. The molecule has 0 amide bonds. The fraction of sp³-hybridized carbons (Fsp3) is 0.478. The Morgan fingerprint density at radius 1 is 0.848 bits per heavy atom. The van der Waals surface area contributed by atoms with Gasteiger partial charge >= 0.3 is 0 Å². The van der Waals surface area contributed by atoms with Crippen LogP contribution in [-0.2, 0) is 17.6 Å². The zero-order valence-corrected chi connectivity index (χ0v) is 18.3. The first-order valence-electron chi connectivity index (χ1n) is 10.5. The van der Waals surface area contributed by atoms with Gasteiger partial charge in [0.1, 0.15) is 35.9 Å². The number of aryl methyl sites for hydroxylation is 2. The molecule has 2 aliphatic rings. The van der Waals surface area contributed by atoms with Gasteiger partial charge in [-0.1, -0.05) is 0 Å². The number of ether oxygens (including phenoxy) is 6. The van der Waals surface area contributed by atoms with Gasteiger partial charge in [-0.15, -0.1) is 0 Å². The molecule has 1 fully saturated rings. The second-order valence-electron chi connectivity index (χ2n) is 7.86. The van der Waals surface area contributed by atoms with E-state index in [1.165, 1.54) is 0 Å². The summed E-state index contributed by atoms with van der Waals surface area (Å²) in [6.07, 6.45) is -5.66. The molecule has 0 radical (unpaired) electrons. The summed E-state index contributed by atoms with van der Waals surface area (Å²) in [5, 5.41) is 39.7. The molecular formula is C23H28O10. The van der Waals surface area contributed by atoms with Gasteiger partial charge in [0, 0.05) is 6.07 Å². The number of fused-ring (bicyclic) bond motifs is 1. The maximum absolute atomic E-state index is 10.3. The summed E-state index contributed by atoms with van der Waals surface area (Å²) in [5.74, 6) is 2.48. The highest BCUT2D eigenvalue weighted by atomic mass is 16.7. The van der Waals surface area contributed by atoms with Crippen molar-refractivity contribution in [2.24, 2.45) is 0 Å². The van der Waals surface area contributed by atoms with Crippen LogP contribution in [0.4, 0.5) is 0 Å². The molecule has 2 aromatic carbocycles. The first kappa shape index (κ1) is 23.4. The zero-order valence-electron chi connectivity index (χ0n) is 18.3. The average molecular weight is 464 g/mol. The molecular weight excluding hydrogens is 436 g/mol. The second-order valence-corrected chi connectivity index (χ2v) is 7.86. The third-order valence-corrected chi connectivity index (χ3v) is 5.70. The molecule has 0 aliphatic carbocycles. The van der Waals surface area contributed by atoms with Crippen molar-refractivity contribution in [1.29, 1.82) is 0 Å². The molecule has 0 bridgehead atoms. The Hall–Kier alpha value is -2.76. The van der Waals surface area contributed by atoms with E-state index in [4.69, 9.17) is 28.4 Å². The predicted molar refractivity (Wildman–Crippen MR) is 114 cm³/mol. The maximum Gasteiger partial charge on any atom is 0.231 e. The summed E-state index contributed by atoms with van der Waals surface area (Å²) in [6.45, 7) is -0.538. The molecule has 10 nitrogen and oxygen atoms in total. The van der Waals surface area contributed by atoms with Crippen molar-refractivity contribution in [1.82, 2.24) is 0 Å². The number of hydrogen-bond donors (Lipinski definition) is 4. The molecule has 33 heavy (non-hydrogen) atoms. The van der Waals surface area contributed by atoms with E-state index in [2.05, 4.69) is 0 Å². The van der Waals surface area contributed by atoms with E-state index in [9.17, 15) is 20.4 Å². The summed E-state index contributed by atoms with van der Waals surface area (Å²) in [5.41, 5.74) is 1.89. The van der Waals surface area contributed by atoms with Gasteiger partial charge in [0.05, 0.1) is 20.8 Å². The van der Waals surface area contributed by atoms with Crippen molar-refractivity contribution in [2.75, 3.05) is 27.6 Å². The third-order valence-electron chi connectivity index (χ3n) is 5.70. The molecule has 4 N–H and O–H groups in total. The minimum Gasteiger partial charge on any atom is -0.497 e. The Kier molecular flexibility index (Phi) is 7.11. The van der Waals surface area contributed by atoms with Crippen LogP contribution in [0.3, 0.4) is 0 Å². The Bertz CT molecular complexity index is 940. The molecule has 2 heterocycles. The molecule has 2 aliphatic heterocycles. The van der Waals surface area contributed by atoms with Crippen molar-refractivity contribution < 1.29 is 48.8 Å². The van der Waals surface area contributed by atoms with Gasteiger partial charge in [0.2, 0.25) is 18.8 Å². The van der Waals surface area contributed by atoms with Gasteiger partial charge in [-0.2, -0.15) is 0 Å². The summed E-state index contributed by atoms with van der Waals surface area (Å²) < 4.78 is 33.0.